The van der Waals surface area contributed by atoms with Crippen molar-refractivity contribution in [2.45, 2.75) is 11.7 Å². The molecule has 0 aliphatic heterocycles. The summed E-state index contributed by atoms with van der Waals surface area (Å²) in [7, 11) is -5.90. The zero-order valence-corrected chi connectivity index (χ0v) is 6.52. The van der Waals surface area contributed by atoms with Crippen LogP contribution < -0.4 is 4.72 Å². The van der Waals surface area contributed by atoms with Gasteiger partial charge in [-0.3, -0.25) is 0 Å². The smallest absolute Gasteiger partial charge is 0.203 e. The topological polar surface area (TPSA) is 46.2 Å². The van der Waals surface area contributed by atoms with Crippen LogP contribution in [-0.4, -0.2) is 26.6 Å². The molecule has 80 valence electrons. The van der Waals surface area contributed by atoms with Crippen molar-refractivity contribution >= 4 is 10.0 Å². The van der Waals surface area contributed by atoms with Gasteiger partial charge in [-0.05, 0) is 0 Å². The molecule has 0 fully saturated rings. The molecule has 0 bridgehead atoms. The van der Waals surface area contributed by atoms with Crippen molar-refractivity contribution in [2.75, 3.05) is 6.54 Å². The lowest BCUT2D eigenvalue weighted by Gasteiger charge is -2.10. The fraction of sp³-hybridized carbons (Fsp3) is 1.00. The van der Waals surface area contributed by atoms with Gasteiger partial charge in [0.2, 0.25) is 0 Å². The Morgan fingerprint density at radius 1 is 1.00 bits per heavy atom. The molecule has 0 unspecified atom stereocenters. The first kappa shape index (κ1) is 12.5. The van der Waals surface area contributed by atoms with E-state index < -0.39 is 28.3 Å². The van der Waals surface area contributed by atoms with Gasteiger partial charge in [0.15, 0.2) is 0 Å². The van der Waals surface area contributed by atoms with Crippen molar-refractivity contribution < 1.29 is 34.8 Å². The van der Waals surface area contributed by atoms with Gasteiger partial charge in [0.25, 0.3) is 0 Å². The molecule has 0 rings (SSSR count). The Morgan fingerprint density at radius 2 is 1.38 bits per heavy atom. The van der Waals surface area contributed by atoms with Crippen molar-refractivity contribution in [3.8, 4) is 0 Å². The van der Waals surface area contributed by atoms with Crippen LogP contribution >= 0.6 is 0 Å². The number of halogens is 6. The second-order valence-corrected chi connectivity index (χ2v) is 3.64. The number of hydrogen-bond acceptors (Lipinski definition) is 2. The first-order valence-corrected chi connectivity index (χ1v) is 4.07. The van der Waals surface area contributed by atoms with Crippen molar-refractivity contribution in [3.63, 3.8) is 0 Å². The average Bonchev–Trinajstić information content (AvgIpc) is 1.79. The van der Waals surface area contributed by atoms with E-state index in [1.807, 2.05) is 0 Å². The van der Waals surface area contributed by atoms with Gasteiger partial charge in [-0.2, -0.15) is 31.1 Å². The summed E-state index contributed by atoms with van der Waals surface area (Å²) in [5, 5.41) is 0. The SMILES string of the molecule is O=S(=O)(NCC(F)(F)F)C(F)(F)F. The standard InChI is InChI=1S/C3H3F6NO2S/c4-2(5,6)1-10-13(11,12)3(7,8)9/h10H,1H2. The summed E-state index contributed by atoms with van der Waals surface area (Å²) in [5.41, 5.74) is -5.72. The molecule has 13 heavy (non-hydrogen) atoms. The van der Waals surface area contributed by atoms with E-state index in [4.69, 9.17) is 0 Å². The van der Waals surface area contributed by atoms with Crippen LogP contribution in [0.5, 0.6) is 0 Å². The Labute approximate surface area is 68.8 Å². The summed E-state index contributed by atoms with van der Waals surface area (Å²) < 4.78 is 88.3. The van der Waals surface area contributed by atoms with Crippen molar-refractivity contribution in [1.82, 2.24) is 4.72 Å². The average molecular weight is 231 g/mol. The second kappa shape index (κ2) is 3.33. The third kappa shape index (κ3) is 4.31. The fourth-order valence-corrected chi connectivity index (χ4v) is 0.776. The Hall–Kier alpha value is -0.510. The normalized spacial score (nSPS) is 14.6. The van der Waals surface area contributed by atoms with Crippen LogP contribution in [0.1, 0.15) is 0 Å². The molecule has 10 heteroatoms. The lowest BCUT2D eigenvalue weighted by atomic mass is 10.7. The van der Waals surface area contributed by atoms with Crippen molar-refractivity contribution in [2.24, 2.45) is 0 Å². The zero-order valence-electron chi connectivity index (χ0n) is 5.70. The molecule has 0 aromatic carbocycles. The predicted molar refractivity (Wildman–Crippen MR) is 29.0 cm³/mol. The van der Waals surface area contributed by atoms with Crippen LogP contribution in [0.3, 0.4) is 0 Å². The number of alkyl halides is 6. The highest BCUT2D eigenvalue weighted by atomic mass is 32.2. The third-order valence-electron chi connectivity index (χ3n) is 0.767. The van der Waals surface area contributed by atoms with E-state index in [0.29, 0.717) is 4.72 Å². The summed E-state index contributed by atoms with van der Waals surface area (Å²) in [4.78, 5) is 0. The molecule has 0 heterocycles. The molecule has 0 aliphatic rings. The number of sulfonamides is 1. The Morgan fingerprint density at radius 3 is 1.62 bits per heavy atom. The van der Waals surface area contributed by atoms with E-state index >= 15 is 0 Å². The van der Waals surface area contributed by atoms with Gasteiger partial charge >= 0.3 is 21.7 Å². The van der Waals surface area contributed by atoms with Gasteiger partial charge in [-0.15, -0.1) is 0 Å². The first-order chi connectivity index (χ1) is 5.46. The molecule has 0 spiro atoms. The highest BCUT2D eigenvalue weighted by Crippen LogP contribution is 2.22. The van der Waals surface area contributed by atoms with E-state index in [1.54, 1.807) is 0 Å². The van der Waals surface area contributed by atoms with Gasteiger partial charge in [-0.1, -0.05) is 0 Å². The second-order valence-electron chi connectivity index (χ2n) is 1.89. The molecule has 3 nitrogen and oxygen atoms in total. The predicted octanol–water partition coefficient (Wildman–Crippen LogP) is 0.988. The summed E-state index contributed by atoms with van der Waals surface area (Å²) in [5.74, 6) is 0. The van der Waals surface area contributed by atoms with Crippen molar-refractivity contribution in [3.05, 3.63) is 0 Å². The largest absolute Gasteiger partial charge is 0.511 e. The highest BCUT2D eigenvalue weighted by molar-refractivity contribution is 7.90. The van der Waals surface area contributed by atoms with Gasteiger partial charge < -0.3 is 0 Å². The van der Waals surface area contributed by atoms with Gasteiger partial charge in [0.05, 0.1) is 0 Å². The minimum atomic E-state index is -5.90. The molecule has 0 aliphatic carbocycles. The maximum atomic E-state index is 11.4. The van der Waals surface area contributed by atoms with Gasteiger partial charge in [0, 0.05) is 0 Å². The van der Waals surface area contributed by atoms with Gasteiger partial charge in [-0.25, -0.2) is 8.42 Å². The van der Waals surface area contributed by atoms with E-state index in [0.717, 1.165) is 0 Å². The molecule has 1 N–H and O–H groups in total. The fourth-order valence-electron chi connectivity index (χ4n) is 0.259. The van der Waals surface area contributed by atoms with Crippen LogP contribution in [-0.2, 0) is 10.0 Å². The number of rotatable bonds is 2. The monoisotopic (exact) mass is 231 g/mol. The summed E-state index contributed by atoms with van der Waals surface area (Å²) in [6.07, 6.45) is -5.02. The molecule has 0 saturated carbocycles. The Bertz CT molecular complexity index is 263. The molecular weight excluding hydrogens is 228 g/mol. The summed E-state index contributed by atoms with van der Waals surface area (Å²) in [6.45, 7) is -2.24. The maximum absolute atomic E-state index is 11.4. The minimum Gasteiger partial charge on any atom is -0.203 e. The molecule has 0 radical (unpaired) electrons. The van der Waals surface area contributed by atoms with Crippen LogP contribution in [0.15, 0.2) is 0 Å². The van der Waals surface area contributed by atoms with Crippen LogP contribution in [0, 0.1) is 0 Å². The molecule has 0 saturated heterocycles. The lowest BCUT2D eigenvalue weighted by molar-refractivity contribution is -0.122. The van der Waals surface area contributed by atoms with Crippen LogP contribution in [0.2, 0.25) is 0 Å². The first-order valence-electron chi connectivity index (χ1n) is 2.58. The number of nitrogens with one attached hydrogen (secondary N) is 1. The maximum Gasteiger partial charge on any atom is 0.511 e. The molecule has 0 aromatic rings. The van der Waals surface area contributed by atoms with Crippen LogP contribution in [0.25, 0.3) is 0 Å². The third-order valence-corrected chi connectivity index (χ3v) is 1.90. The molecule has 0 aromatic heterocycles. The Kier molecular flexibility index (Phi) is 3.20. The molecule has 0 atom stereocenters. The molecular formula is C3H3F6NO2S. The summed E-state index contributed by atoms with van der Waals surface area (Å²) in [6, 6.07) is 0. The van der Waals surface area contributed by atoms with E-state index in [9.17, 15) is 34.8 Å². The number of hydrogen-bond donors (Lipinski definition) is 1. The van der Waals surface area contributed by atoms with E-state index in [1.165, 1.54) is 0 Å². The quantitative estimate of drug-likeness (QED) is 0.720. The van der Waals surface area contributed by atoms with E-state index in [-0.39, 0.29) is 0 Å². The Balaban J connectivity index is 4.40. The summed E-state index contributed by atoms with van der Waals surface area (Å²) >= 11 is 0. The molecule has 0 amide bonds. The lowest BCUT2D eigenvalue weighted by Crippen LogP contribution is -2.41. The van der Waals surface area contributed by atoms with Crippen LogP contribution in [0.4, 0.5) is 26.3 Å². The van der Waals surface area contributed by atoms with E-state index in [2.05, 4.69) is 0 Å². The minimum absolute atomic E-state index is 0.361. The van der Waals surface area contributed by atoms with Crippen molar-refractivity contribution in [1.29, 1.82) is 0 Å². The zero-order chi connectivity index (χ0) is 10.9. The van der Waals surface area contributed by atoms with Gasteiger partial charge in [0.1, 0.15) is 6.54 Å². The highest BCUT2D eigenvalue weighted by Gasteiger charge is 2.47.